The molecule has 2 aromatic heterocycles. The van der Waals surface area contributed by atoms with Crippen LogP contribution in [0.5, 0.6) is 0 Å². The molecule has 0 unspecified atom stereocenters. The molecule has 2 aromatic rings. The minimum absolute atomic E-state index is 0.112. The number of aliphatic hydroxyl groups excluding tert-OH is 1. The fourth-order valence-corrected chi connectivity index (χ4v) is 5.09. The molecule has 22 heavy (non-hydrogen) atoms. The van der Waals surface area contributed by atoms with Crippen LogP contribution in [0, 0.1) is 6.92 Å². The van der Waals surface area contributed by atoms with E-state index in [4.69, 9.17) is 4.98 Å². The SMILES string of the molecule is Cc1nc(NC2CCC(O)CC2)c2c3c(sc2n1)CCCC3. The van der Waals surface area contributed by atoms with Crippen LogP contribution in [0.15, 0.2) is 0 Å². The normalized spacial score (nSPS) is 25.2. The second-order valence-electron chi connectivity index (χ2n) is 6.66. The molecule has 4 nitrogen and oxygen atoms in total. The second kappa shape index (κ2) is 5.78. The maximum Gasteiger partial charge on any atom is 0.139 e. The van der Waals surface area contributed by atoms with Crippen molar-refractivity contribution in [1.82, 2.24) is 9.97 Å². The lowest BCUT2D eigenvalue weighted by Gasteiger charge is -2.27. The number of aliphatic hydroxyl groups is 1. The molecule has 0 aliphatic heterocycles. The van der Waals surface area contributed by atoms with Gasteiger partial charge in [-0.25, -0.2) is 9.97 Å². The summed E-state index contributed by atoms with van der Waals surface area (Å²) >= 11 is 1.86. The molecule has 1 fully saturated rings. The lowest BCUT2D eigenvalue weighted by Crippen LogP contribution is -2.28. The molecule has 0 saturated heterocycles. The van der Waals surface area contributed by atoms with Crippen molar-refractivity contribution >= 4 is 27.4 Å². The fraction of sp³-hybridized carbons (Fsp3) is 0.647. The van der Waals surface area contributed by atoms with Crippen LogP contribution in [-0.2, 0) is 12.8 Å². The average molecular weight is 317 g/mol. The number of aromatic nitrogens is 2. The van der Waals surface area contributed by atoms with E-state index in [1.165, 1.54) is 41.5 Å². The van der Waals surface area contributed by atoms with Gasteiger partial charge in [-0.2, -0.15) is 0 Å². The summed E-state index contributed by atoms with van der Waals surface area (Å²) in [5, 5.41) is 14.6. The van der Waals surface area contributed by atoms with Crippen molar-refractivity contribution in [2.75, 3.05) is 5.32 Å². The van der Waals surface area contributed by atoms with Crippen LogP contribution in [0.3, 0.4) is 0 Å². The lowest BCUT2D eigenvalue weighted by atomic mass is 9.92. The molecule has 0 atom stereocenters. The summed E-state index contributed by atoms with van der Waals surface area (Å²) in [5.74, 6) is 1.88. The molecule has 0 amide bonds. The highest BCUT2D eigenvalue weighted by molar-refractivity contribution is 7.19. The Morgan fingerprint density at radius 1 is 1.09 bits per heavy atom. The Hall–Kier alpha value is -1.20. The van der Waals surface area contributed by atoms with Crippen molar-refractivity contribution in [2.24, 2.45) is 0 Å². The van der Waals surface area contributed by atoms with Gasteiger partial charge in [0.1, 0.15) is 16.5 Å². The number of hydrogen-bond donors (Lipinski definition) is 2. The Morgan fingerprint density at radius 2 is 1.86 bits per heavy atom. The summed E-state index contributed by atoms with van der Waals surface area (Å²) in [6.07, 6.45) is 8.68. The van der Waals surface area contributed by atoms with Crippen LogP contribution in [-0.4, -0.2) is 27.2 Å². The standard InChI is InChI=1S/C17H23N3OS/c1-10-18-16(20-11-6-8-12(21)9-7-11)15-13-4-2-3-5-14(13)22-17(15)19-10/h11-12,21H,2-9H2,1H3,(H,18,19,20). The zero-order chi connectivity index (χ0) is 15.1. The summed E-state index contributed by atoms with van der Waals surface area (Å²) < 4.78 is 0. The van der Waals surface area contributed by atoms with E-state index in [2.05, 4.69) is 10.3 Å². The van der Waals surface area contributed by atoms with Gasteiger partial charge in [0.25, 0.3) is 0 Å². The highest BCUT2D eigenvalue weighted by Gasteiger charge is 2.24. The zero-order valence-corrected chi connectivity index (χ0v) is 13.9. The maximum absolute atomic E-state index is 9.68. The predicted molar refractivity (Wildman–Crippen MR) is 90.7 cm³/mol. The van der Waals surface area contributed by atoms with Crippen molar-refractivity contribution in [2.45, 2.75) is 70.4 Å². The van der Waals surface area contributed by atoms with E-state index in [9.17, 15) is 5.11 Å². The minimum atomic E-state index is -0.112. The summed E-state index contributed by atoms with van der Waals surface area (Å²) in [4.78, 5) is 12.1. The number of aryl methyl sites for hydroxylation is 3. The van der Waals surface area contributed by atoms with Gasteiger partial charge in [-0.3, -0.25) is 0 Å². The van der Waals surface area contributed by atoms with Crippen LogP contribution in [0.1, 0.15) is 54.8 Å². The maximum atomic E-state index is 9.68. The molecule has 0 radical (unpaired) electrons. The van der Waals surface area contributed by atoms with Gasteiger partial charge in [0.15, 0.2) is 0 Å². The molecule has 0 bridgehead atoms. The largest absolute Gasteiger partial charge is 0.393 e. The van der Waals surface area contributed by atoms with Crippen LogP contribution >= 0.6 is 11.3 Å². The van der Waals surface area contributed by atoms with E-state index in [0.717, 1.165) is 42.2 Å². The van der Waals surface area contributed by atoms with E-state index in [0.29, 0.717) is 6.04 Å². The van der Waals surface area contributed by atoms with E-state index in [1.807, 2.05) is 18.3 Å². The average Bonchev–Trinajstić information content (AvgIpc) is 2.87. The van der Waals surface area contributed by atoms with E-state index in [1.54, 1.807) is 0 Å². The highest BCUT2D eigenvalue weighted by Crippen LogP contribution is 2.39. The fourth-order valence-electron chi connectivity index (χ4n) is 3.78. The highest BCUT2D eigenvalue weighted by atomic mass is 32.1. The summed E-state index contributed by atoms with van der Waals surface area (Å²) in [7, 11) is 0. The molecule has 0 aromatic carbocycles. The molecular weight excluding hydrogens is 294 g/mol. The summed E-state index contributed by atoms with van der Waals surface area (Å²) in [6, 6.07) is 0.431. The Morgan fingerprint density at radius 3 is 2.68 bits per heavy atom. The molecule has 0 spiro atoms. The molecular formula is C17H23N3OS. The van der Waals surface area contributed by atoms with E-state index in [-0.39, 0.29) is 6.10 Å². The number of thiophene rings is 1. The Labute approximate surface area is 135 Å². The van der Waals surface area contributed by atoms with Crippen LogP contribution in [0.2, 0.25) is 0 Å². The zero-order valence-electron chi connectivity index (χ0n) is 13.1. The first-order chi connectivity index (χ1) is 10.7. The first-order valence-electron chi connectivity index (χ1n) is 8.44. The lowest BCUT2D eigenvalue weighted by molar-refractivity contribution is 0.126. The Bertz CT molecular complexity index is 689. The number of nitrogens with zero attached hydrogens (tertiary/aromatic N) is 2. The van der Waals surface area contributed by atoms with Gasteiger partial charge in [0, 0.05) is 10.9 Å². The number of rotatable bonds is 2. The van der Waals surface area contributed by atoms with E-state index >= 15 is 0 Å². The molecule has 2 aliphatic rings. The van der Waals surface area contributed by atoms with Crippen molar-refractivity contribution in [3.8, 4) is 0 Å². The van der Waals surface area contributed by atoms with Gasteiger partial charge in [-0.05, 0) is 63.9 Å². The molecule has 4 rings (SSSR count). The second-order valence-corrected chi connectivity index (χ2v) is 7.74. The number of nitrogens with one attached hydrogen (secondary N) is 1. The molecule has 5 heteroatoms. The van der Waals surface area contributed by atoms with Crippen LogP contribution in [0.25, 0.3) is 10.2 Å². The van der Waals surface area contributed by atoms with Crippen molar-refractivity contribution in [3.63, 3.8) is 0 Å². The van der Waals surface area contributed by atoms with Gasteiger partial charge in [-0.15, -0.1) is 11.3 Å². The van der Waals surface area contributed by atoms with Gasteiger partial charge in [-0.1, -0.05) is 0 Å². The number of anilines is 1. The quantitative estimate of drug-likeness (QED) is 0.888. The molecule has 118 valence electrons. The third-order valence-corrected chi connectivity index (χ3v) is 6.15. The monoisotopic (exact) mass is 317 g/mol. The summed E-state index contributed by atoms with van der Waals surface area (Å²) in [5.41, 5.74) is 1.49. The predicted octanol–water partition coefficient (Wildman–Crippen LogP) is 3.59. The number of hydrogen-bond acceptors (Lipinski definition) is 5. The smallest absolute Gasteiger partial charge is 0.139 e. The van der Waals surface area contributed by atoms with Gasteiger partial charge in [0.05, 0.1) is 11.5 Å². The van der Waals surface area contributed by atoms with Crippen molar-refractivity contribution in [1.29, 1.82) is 0 Å². The third-order valence-electron chi connectivity index (χ3n) is 4.96. The first-order valence-corrected chi connectivity index (χ1v) is 9.26. The Balaban J connectivity index is 1.71. The summed E-state index contributed by atoms with van der Waals surface area (Å²) in [6.45, 7) is 1.98. The van der Waals surface area contributed by atoms with Gasteiger partial charge >= 0.3 is 0 Å². The van der Waals surface area contributed by atoms with Gasteiger partial charge in [0.2, 0.25) is 0 Å². The first kappa shape index (κ1) is 14.4. The van der Waals surface area contributed by atoms with Crippen molar-refractivity contribution < 1.29 is 5.11 Å². The molecule has 2 heterocycles. The molecule has 2 N–H and O–H groups in total. The molecule has 2 aliphatic carbocycles. The van der Waals surface area contributed by atoms with E-state index < -0.39 is 0 Å². The van der Waals surface area contributed by atoms with Crippen LogP contribution in [0.4, 0.5) is 5.82 Å². The Kier molecular flexibility index (Phi) is 3.78. The minimum Gasteiger partial charge on any atom is -0.393 e. The molecule has 1 saturated carbocycles. The van der Waals surface area contributed by atoms with Crippen molar-refractivity contribution in [3.05, 3.63) is 16.3 Å². The number of fused-ring (bicyclic) bond motifs is 3. The topological polar surface area (TPSA) is 58.0 Å². The van der Waals surface area contributed by atoms with Crippen LogP contribution < -0.4 is 5.32 Å². The van der Waals surface area contributed by atoms with Gasteiger partial charge < -0.3 is 10.4 Å². The third kappa shape index (κ3) is 2.61.